The Kier molecular flexibility index (Phi) is 4.80. The number of aryl methyl sites for hydroxylation is 1. The lowest BCUT2D eigenvalue weighted by molar-refractivity contribution is 0.273. The van der Waals surface area contributed by atoms with E-state index in [0.29, 0.717) is 12.2 Å². The van der Waals surface area contributed by atoms with Crippen LogP contribution in [0.4, 0.5) is 5.82 Å². The van der Waals surface area contributed by atoms with E-state index in [2.05, 4.69) is 51.5 Å². The monoisotopic (exact) mass is 359 g/mol. The van der Waals surface area contributed by atoms with Gasteiger partial charge in [-0.25, -0.2) is 9.97 Å². The maximum Gasteiger partial charge on any atom is 0.180 e. The fourth-order valence-electron chi connectivity index (χ4n) is 3.12. The van der Waals surface area contributed by atoms with Gasteiger partial charge in [0.2, 0.25) is 0 Å². The minimum absolute atomic E-state index is 0.0108. The third-order valence-electron chi connectivity index (χ3n) is 4.54. The normalized spacial score (nSPS) is 12.2. The Balaban J connectivity index is 1.63. The summed E-state index contributed by atoms with van der Waals surface area (Å²) >= 11 is 0. The standard InChI is InChI=1S/C21H21N5O/c1-15-4-6-17(7-5-15)19-13-24-21-20(23-9-10-26(19)21)25-18(14-27)11-16-3-2-8-22-12-16/h2-10,12-13,18,27H,11,14H2,1H3,(H,23,25)/t18-/m0/s1. The number of aliphatic hydroxyl groups excluding tert-OH is 1. The quantitative estimate of drug-likeness (QED) is 0.553. The van der Waals surface area contributed by atoms with Gasteiger partial charge < -0.3 is 10.4 Å². The van der Waals surface area contributed by atoms with Gasteiger partial charge >= 0.3 is 0 Å². The maximum absolute atomic E-state index is 9.79. The summed E-state index contributed by atoms with van der Waals surface area (Å²) in [4.78, 5) is 13.1. The molecular weight excluding hydrogens is 338 g/mol. The number of aliphatic hydroxyl groups is 1. The van der Waals surface area contributed by atoms with Crippen molar-refractivity contribution in [3.63, 3.8) is 0 Å². The second-order valence-electron chi connectivity index (χ2n) is 6.57. The largest absolute Gasteiger partial charge is 0.394 e. The Labute approximate surface area is 157 Å². The first-order valence-corrected chi connectivity index (χ1v) is 8.90. The van der Waals surface area contributed by atoms with Gasteiger partial charge in [0.05, 0.1) is 24.5 Å². The molecule has 0 unspecified atom stereocenters. The van der Waals surface area contributed by atoms with Crippen LogP contribution in [0.25, 0.3) is 16.9 Å². The molecule has 0 aliphatic heterocycles. The molecule has 0 amide bonds. The number of pyridine rings is 1. The number of hydrogen-bond donors (Lipinski definition) is 2. The molecule has 0 aliphatic rings. The smallest absolute Gasteiger partial charge is 0.180 e. The van der Waals surface area contributed by atoms with E-state index in [9.17, 15) is 5.11 Å². The van der Waals surface area contributed by atoms with Gasteiger partial charge in [-0.2, -0.15) is 0 Å². The van der Waals surface area contributed by atoms with Crippen LogP contribution in [-0.4, -0.2) is 37.1 Å². The zero-order chi connectivity index (χ0) is 18.6. The van der Waals surface area contributed by atoms with Crippen LogP contribution in [0, 0.1) is 6.92 Å². The van der Waals surface area contributed by atoms with Crippen molar-refractivity contribution in [2.75, 3.05) is 11.9 Å². The molecule has 4 aromatic rings. The highest BCUT2D eigenvalue weighted by Gasteiger charge is 2.14. The van der Waals surface area contributed by atoms with Crippen molar-refractivity contribution < 1.29 is 5.11 Å². The minimum Gasteiger partial charge on any atom is -0.394 e. The highest BCUT2D eigenvalue weighted by molar-refractivity contribution is 5.70. The molecule has 136 valence electrons. The first-order valence-electron chi connectivity index (χ1n) is 8.90. The molecule has 3 aromatic heterocycles. The van der Waals surface area contributed by atoms with E-state index in [1.165, 1.54) is 5.56 Å². The molecule has 2 N–H and O–H groups in total. The van der Waals surface area contributed by atoms with Crippen molar-refractivity contribution in [1.82, 2.24) is 19.4 Å². The van der Waals surface area contributed by atoms with Crippen molar-refractivity contribution in [2.45, 2.75) is 19.4 Å². The zero-order valence-corrected chi connectivity index (χ0v) is 15.1. The molecule has 4 rings (SSSR count). The summed E-state index contributed by atoms with van der Waals surface area (Å²) in [5, 5.41) is 13.1. The molecule has 27 heavy (non-hydrogen) atoms. The van der Waals surface area contributed by atoms with Crippen LogP contribution in [0.1, 0.15) is 11.1 Å². The van der Waals surface area contributed by atoms with Gasteiger partial charge in [-0.1, -0.05) is 35.9 Å². The van der Waals surface area contributed by atoms with Crippen LogP contribution in [0.3, 0.4) is 0 Å². The van der Waals surface area contributed by atoms with Crippen LogP contribution >= 0.6 is 0 Å². The van der Waals surface area contributed by atoms with Gasteiger partial charge in [0.1, 0.15) is 0 Å². The topological polar surface area (TPSA) is 75.3 Å². The summed E-state index contributed by atoms with van der Waals surface area (Å²) in [6.45, 7) is 2.06. The number of aromatic nitrogens is 4. The Morgan fingerprint density at radius 3 is 2.67 bits per heavy atom. The third-order valence-corrected chi connectivity index (χ3v) is 4.54. The number of nitrogens with zero attached hydrogens (tertiary/aromatic N) is 4. The summed E-state index contributed by atoms with van der Waals surface area (Å²) in [7, 11) is 0. The number of rotatable bonds is 6. The Hall–Kier alpha value is -3.25. The Morgan fingerprint density at radius 1 is 1.07 bits per heavy atom. The number of hydrogen-bond acceptors (Lipinski definition) is 5. The first-order chi connectivity index (χ1) is 13.2. The van der Waals surface area contributed by atoms with Gasteiger partial charge in [-0.05, 0) is 25.0 Å². The van der Waals surface area contributed by atoms with Gasteiger partial charge in [-0.3, -0.25) is 9.38 Å². The molecule has 1 aromatic carbocycles. The predicted molar refractivity (Wildman–Crippen MR) is 106 cm³/mol. The molecule has 0 spiro atoms. The fourth-order valence-corrected chi connectivity index (χ4v) is 3.12. The number of nitrogens with one attached hydrogen (secondary N) is 1. The van der Waals surface area contributed by atoms with Crippen molar-refractivity contribution >= 4 is 11.5 Å². The number of anilines is 1. The van der Waals surface area contributed by atoms with Crippen LogP contribution in [0.2, 0.25) is 0 Å². The van der Waals surface area contributed by atoms with Gasteiger partial charge in [-0.15, -0.1) is 0 Å². The lowest BCUT2D eigenvalue weighted by Crippen LogP contribution is -2.27. The second-order valence-corrected chi connectivity index (χ2v) is 6.57. The molecule has 0 radical (unpaired) electrons. The second kappa shape index (κ2) is 7.55. The van der Waals surface area contributed by atoms with Crippen LogP contribution in [0.15, 0.2) is 67.4 Å². The highest BCUT2D eigenvalue weighted by atomic mass is 16.3. The average molecular weight is 359 g/mol. The molecule has 0 saturated carbocycles. The zero-order valence-electron chi connectivity index (χ0n) is 15.1. The number of imidazole rings is 1. The maximum atomic E-state index is 9.79. The van der Waals surface area contributed by atoms with Gasteiger partial charge in [0.25, 0.3) is 0 Å². The summed E-state index contributed by atoms with van der Waals surface area (Å²) in [6, 6.07) is 12.1. The molecule has 0 bridgehead atoms. The summed E-state index contributed by atoms with van der Waals surface area (Å²) < 4.78 is 2.01. The van der Waals surface area contributed by atoms with E-state index in [0.717, 1.165) is 22.5 Å². The first kappa shape index (κ1) is 17.2. The van der Waals surface area contributed by atoms with E-state index in [4.69, 9.17) is 0 Å². The predicted octanol–water partition coefficient (Wildman–Crippen LogP) is 3.12. The van der Waals surface area contributed by atoms with Crippen molar-refractivity contribution in [2.24, 2.45) is 0 Å². The molecular formula is C21H21N5O. The van der Waals surface area contributed by atoms with E-state index in [1.807, 2.05) is 35.1 Å². The van der Waals surface area contributed by atoms with Crippen LogP contribution in [-0.2, 0) is 6.42 Å². The summed E-state index contributed by atoms with van der Waals surface area (Å²) in [6.07, 6.45) is 9.69. The van der Waals surface area contributed by atoms with Crippen molar-refractivity contribution in [3.05, 3.63) is 78.5 Å². The lowest BCUT2D eigenvalue weighted by atomic mass is 10.1. The van der Waals surface area contributed by atoms with Gasteiger partial charge in [0.15, 0.2) is 11.5 Å². The minimum atomic E-state index is -0.174. The number of benzene rings is 1. The number of fused-ring (bicyclic) bond motifs is 1. The molecule has 3 heterocycles. The van der Waals surface area contributed by atoms with Gasteiger partial charge in [0, 0.05) is 30.4 Å². The molecule has 1 atom stereocenters. The van der Waals surface area contributed by atoms with Crippen LogP contribution < -0.4 is 5.32 Å². The average Bonchev–Trinajstić information content (AvgIpc) is 3.14. The van der Waals surface area contributed by atoms with E-state index in [1.54, 1.807) is 12.4 Å². The molecule has 0 saturated heterocycles. The molecule has 6 nitrogen and oxygen atoms in total. The van der Waals surface area contributed by atoms with Crippen molar-refractivity contribution in [3.8, 4) is 11.3 Å². The SMILES string of the molecule is Cc1ccc(-c2cnc3c(N[C@H](CO)Cc4cccnc4)nccn23)cc1. The lowest BCUT2D eigenvalue weighted by Gasteiger charge is -2.17. The third kappa shape index (κ3) is 3.66. The van der Waals surface area contributed by atoms with Crippen molar-refractivity contribution in [1.29, 1.82) is 0 Å². The van der Waals surface area contributed by atoms with Crippen LogP contribution in [0.5, 0.6) is 0 Å². The van der Waals surface area contributed by atoms with E-state index < -0.39 is 0 Å². The highest BCUT2D eigenvalue weighted by Crippen LogP contribution is 2.24. The summed E-state index contributed by atoms with van der Waals surface area (Å²) in [5.74, 6) is 0.652. The molecule has 6 heteroatoms. The Bertz CT molecular complexity index is 1030. The van der Waals surface area contributed by atoms with E-state index >= 15 is 0 Å². The molecule has 0 fully saturated rings. The molecule has 0 aliphatic carbocycles. The Morgan fingerprint density at radius 2 is 1.93 bits per heavy atom. The fraction of sp³-hybridized carbons (Fsp3) is 0.190. The summed E-state index contributed by atoms with van der Waals surface area (Å²) in [5.41, 5.74) is 5.11. The van der Waals surface area contributed by atoms with E-state index in [-0.39, 0.29) is 12.6 Å².